The first-order chi connectivity index (χ1) is 13.5. The first-order valence-corrected chi connectivity index (χ1v) is 9.50. The number of allylic oxidation sites excluding steroid dienone is 2. The average molecular weight is 400 g/mol. The molecule has 8 nitrogen and oxygen atoms in total. The number of esters is 1. The summed E-state index contributed by atoms with van der Waals surface area (Å²) in [7, 11) is 0. The predicted octanol–water partition coefficient (Wildman–Crippen LogP) is 5.13. The molecule has 29 heavy (non-hydrogen) atoms. The molecular formula is C21H24N2O6. The number of hydrogen-bond acceptors (Lipinski definition) is 6. The zero-order valence-electron chi connectivity index (χ0n) is 16.8. The molecule has 3 rings (SSSR count). The molecule has 0 unspecified atom stereocenters. The van der Waals surface area contributed by atoms with Gasteiger partial charge in [0.05, 0.1) is 21.5 Å². The van der Waals surface area contributed by atoms with Crippen molar-refractivity contribution < 1.29 is 19.4 Å². The number of carbonyl (C=O) groups is 1. The number of fused-ring (bicyclic) bond motifs is 1. The lowest BCUT2D eigenvalue weighted by molar-refractivity contribution is -0.394. The minimum Gasteiger partial charge on any atom is -0.458 e. The van der Waals surface area contributed by atoms with Crippen molar-refractivity contribution >= 4 is 17.3 Å². The summed E-state index contributed by atoms with van der Waals surface area (Å²) in [6.07, 6.45) is 2.86. The van der Waals surface area contributed by atoms with Gasteiger partial charge in [-0.1, -0.05) is 37.1 Å². The van der Waals surface area contributed by atoms with Gasteiger partial charge in [-0.25, -0.2) is 4.79 Å². The Hall–Kier alpha value is -3.03. The Bertz CT molecular complexity index is 914. The van der Waals surface area contributed by atoms with E-state index in [-0.39, 0.29) is 11.0 Å². The minimum atomic E-state index is -0.805. The van der Waals surface area contributed by atoms with Crippen LogP contribution >= 0.6 is 0 Å². The van der Waals surface area contributed by atoms with Crippen molar-refractivity contribution in [3.8, 4) is 0 Å². The highest BCUT2D eigenvalue weighted by atomic mass is 16.6. The third-order valence-corrected chi connectivity index (χ3v) is 6.04. The van der Waals surface area contributed by atoms with E-state index in [4.69, 9.17) is 4.74 Å². The van der Waals surface area contributed by atoms with Gasteiger partial charge in [-0.15, -0.1) is 0 Å². The molecule has 0 heterocycles. The van der Waals surface area contributed by atoms with Crippen LogP contribution in [-0.2, 0) is 4.74 Å². The van der Waals surface area contributed by atoms with Crippen molar-refractivity contribution in [2.45, 2.75) is 52.6 Å². The van der Waals surface area contributed by atoms with Gasteiger partial charge in [-0.3, -0.25) is 20.2 Å². The Morgan fingerprint density at radius 1 is 1.17 bits per heavy atom. The Morgan fingerprint density at radius 2 is 1.76 bits per heavy atom. The molecule has 2 aliphatic rings. The van der Waals surface area contributed by atoms with Gasteiger partial charge in [0, 0.05) is 29.9 Å². The third kappa shape index (κ3) is 4.06. The molecule has 0 saturated heterocycles. The SMILES string of the molecule is C=C1C[C@@H](OC(=O)c2cc([N+](=O)[O-])cc([N+](=O)[O-])c2)C(C)(C)CC2=C(C)CC[C@@H]12. The van der Waals surface area contributed by atoms with Crippen LogP contribution in [0.3, 0.4) is 0 Å². The van der Waals surface area contributed by atoms with Gasteiger partial charge in [-0.05, 0) is 26.2 Å². The predicted molar refractivity (Wildman–Crippen MR) is 107 cm³/mol. The second-order valence-corrected chi connectivity index (χ2v) is 8.57. The van der Waals surface area contributed by atoms with Crippen LogP contribution in [0.5, 0.6) is 0 Å². The average Bonchev–Trinajstić information content (AvgIpc) is 2.96. The summed E-state index contributed by atoms with van der Waals surface area (Å²) >= 11 is 0. The minimum absolute atomic E-state index is 0.202. The second kappa shape index (κ2) is 7.42. The van der Waals surface area contributed by atoms with E-state index < -0.39 is 33.3 Å². The highest BCUT2D eigenvalue weighted by molar-refractivity contribution is 5.91. The zero-order valence-corrected chi connectivity index (χ0v) is 16.8. The normalized spacial score (nSPS) is 23.3. The van der Waals surface area contributed by atoms with Crippen LogP contribution in [0, 0.1) is 31.6 Å². The highest BCUT2D eigenvalue weighted by Crippen LogP contribution is 2.49. The van der Waals surface area contributed by atoms with E-state index >= 15 is 0 Å². The molecule has 1 aromatic carbocycles. The number of nitro benzene ring substituents is 2. The maximum atomic E-state index is 12.8. The molecule has 2 aliphatic carbocycles. The van der Waals surface area contributed by atoms with Crippen molar-refractivity contribution in [2.24, 2.45) is 11.3 Å². The Balaban J connectivity index is 1.90. The number of hydrogen-bond donors (Lipinski definition) is 0. The molecule has 0 N–H and O–H groups in total. The molecule has 2 atom stereocenters. The van der Waals surface area contributed by atoms with Gasteiger partial charge < -0.3 is 4.74 Å². The molecule has 1 aromatic rings. The van der Waals surface area contributed by atoms with Crippen molar-refractivity contribution in [3.05, 3.63) is 67.3 Å². The number of rotatable bonds is 4. The van der Waals surface area contributed by atoms with Crippen molar-refractivity contribution in [1.29, 1.82) is 0 Å². The van der Waals surface area contributed by atoms with Crippen LogP contribution < -0.4 is 0 Å². The molecule has 154 valence electrons. The van der Waals surface area contributed by atoms with Gasteiger partial charge in [0.1, 0.15) is 6.10 Å². The molecule has 8 heteroatoms. The van der Waals surface area contributed by atoms with E-state index in [9.17, 15) is 25.0 Å². The van der Waals surface area contributed by atoms with E-state index in [1.807, 2.05) is 13.8 Å². The lowest BCUT2D eigenvalue weighted by Crippen LogP contribution is -2.33. The topological polar surface area (TPSA) is 113 Å². The quantitative estimate of drug-likeness (QED) is 0.300. The maximum Gasteiger partial charge on any atom is 0.338 e. The summed E-state index contributed by atoms with van der Waals surface area (Å²) < 4.78 is 5.75. The van der Waals surface area contributed by atoms with E-state index in [2.05, 4.69) is 13.5 Å². The lowest BCUT2D eigenvalue weighted by Gasteiger charge is -2.32. The summed E-state index contributed by atoms with van der Waals surface area (Å²) in [5.41, 5.74) is 2.14. The van der Waals surface area contributed by atoms with Gasteiger partial charge in [0.15, 0.2) is 0 Å². The summed E-state index contributed by atoms with van der Waals surface area (Å²) in [5, 5.41) is 22.2. The highest BCUT2D eigenvalue weighted by Gasteiger charge is 2.42. The van der Waals surface area contributed by atoms with E-state index in [0.29, 0.717) is 12.3 Å². The van der Waals surface area contributed by atoms with Crippen LogP contribution in [-0.4, -0.2) is 21.9 Å². The summed E-state index contributed by atoms with van der Waals surface area (Å²) in [6, 6.07) is 2.84. The van der Waals surface area contributed by atoms with Gasteiger partial charge in [0.2, 0.25) is 0 Å². The number of nitro groups is 2. The van der Waals surface area contributed by atoms with Crippen LogP contribution in [0.15, 0.2) is 41.5 Å². The first-order valence-electron chi connectivity index (χ1n) is 9.50. The molecule has 1 saturated carbocycles. The van der Waals surface area contributed by atoms with Crippen LogP contribution in [0.4, 0.5) is 11.4 Å². The van der Waals surface area contributed by atoms with Crippen LogP contribution in [0.2, 0.25) is 0 Å². The Labute approximate surface area is 168 Å². The van der Waals surface area contributed by atoms with Crippen LogP contribution in [0.25, 0.3) is 0 Å². The molecule has 0 bridgehead atoms. The van der Waals surface area contributed by atoms with Crippen molar-refractivity contribution in [1.82, 2.24) is 0 Å². The molecule has 0 aromatic heterocycles. The monoisotopic (exact) mass is 400 g/mol. The number of benzene rings is 1. The van der Waals surface area contributed by atoms with Crippen molar-refractivity contribution in [2.75, 3.05) is 0 Å². The molecule has 0 aliphatic heterocycles. The Kier molecular flexibility index (Phi) is 5.30. The fourth-order valence-corrected chi connectivity index (χ4v) is 4.30. The fourth-order valence-electron chi connectivity index (χ4n) is 4.30. The third-order valence-electron chi connectivity index (χ3n) is 6.04. The Morgan fingerprint density at radius 3 is 2.31 bits per heavy atom. The maximum absolute atomic E-state index is 12.8. The lowest BCUT2D eigenvalue weighted by atomic mass is 9.80. The summed E-state index contributed by atoms with van der Waals surface area (Å²) in [5.74, 6) is -0.502. The molecule has 0 amide bonds. The summed E-state index contributed by atoms with van der Waals surface area (Å²) in [6.45, 7) is 10.4. The second-order valence-electron chi connectivity index (χ2n) is 8.57. The molecule has 0 spiro atoms. The largest absolute Gasteiger partial charge is 0.458 e. The fraction of sp³-hybridized carbons (Fsp3) is 0.476. The molecule has 0 radical (unpaired) electrons. The van der Waals surface area contributed by atoms with E-state index in [1.54, 1.807) is 0 Å². The van der Waals surface area contributed by atoms with Crippen molar-refractivity contribution in [3.63, 3.8) is 0 Å². The number of non-ortho nitro benzene ring substituents is 2. The van der Waals surface area contributed by atoms with Gasteiger partial charge >= 0.3 is 5.97 Å². The van der Waals surface area contributed by atoms with Gasteiger partial charge in [0.25, 0.3) is 11.4 Å². The number of ether oxygens (including phenoxy) is 1. The van der Waals surface area contributed by atoms with E-state index in [0.717, 1.165) is 43.0 Å². The molecule has 1 fully saturated rings. The smallest absolute Gasteiger partial charge is 0.338 e. The zero-order chi connectivity index (χ0) is 21.5. The van der Waals surface area contributed by atoms with Gasteiger partial charge in [-0.2, -0.15) is 0 Å². The van der Waals surface area contributed by atoms with E-state index in [1.165, 1.54) is 11.1 Å². The standard InChI is InChI=1S/C21H24N2O6/c1-12-5-6-17-13(2)7-19(21(3,4)11-18(12)17)29-20(24)14-8-15(22(25)26)10-16(9-14)23(27)28/h8-10,17,19H,2,5-7,11H2,1,3-4H3/t17-,19+/m0/s1. The van der Waals surface area contributed by atoms with Crippen LogP contribution in [0.1, 0.15) is 56.8 Å². The molecular weight excluding hydrogens is 376 g/mol. The number of carbonyl (C=O) groups excluding carboxylic acids is 1. The first kappa shape index (κ1) is 20.7. The number of nitrogens with zero attached hydrogens (tertiary/aromatic N) is 2. The summed E-state index contributed by atoms with van der Waals surface area (Å²) in [4.78, 5) is 33.4.